The molecular weight excluding hydrogens is 292 g/mol. The number of unbranched alkanes of at least 4 members (excludes halogenated alkanes) is 2. The fraction of sp³-hybridized carbons (Fsp3) is 0.611. The molecule has 0 bridgehead atoms. The van der Waals surface area contributed by atoms with Crippen LogP contribution in [0.2, 0.25) is 0 Å². The zero-order valence-electron chi connectivity index (χ0n) is 14.5. The summed E-state index contributed by atoms with van der Waals surface area (Å²) in [4.78, 5) is 17.1. The monoisotopic (exact) mass is 320 g/mol. The Kier molecular flexibility index (Phi) is 6.71. The molecule has 0 saturated carbocycles. The second-order valence-corrected chi connectivity index (χ2v) is 5.94. The molecule has 1 aromatic rings. The summed E-state index contributed by atoms with van der Waals surface area (Å²) in [7, 11) is 3.19. The van der Waals surface area contributed by atoms with Gasteiger partial charge in [-0.3, -0.25) is 9.69 Å². The Labute approximate surface area is 139 Å². The minimum atomic E-state index is 0.0513. The van der Waals surface area contributed by atoms with Crippen LogP contribution in [0.4, 0.5) is 0 Å². The third-order valence-corrected chi connectivity index (χ3v) is 4.34. The van der Waals surface area contributed by atoms with Crippen molar-refractivity contribution in [3.63, 3.8) is 0 Å². The molecule has 0 aliphatic carbocycles. The highest BCUT2D eigenvalue weighted by atomic mass is 16.5. The van der Waals surface area contributed by atoms with Gasteiger partial charge in [0.25, 0.3) is 5.91 Å². The number of carbonyl (C=O) groups is 1. The van der Waals surface area contributed by atoms with Crippen LogP contribution in [-0.4, -0.2) is 62.7 Å². The molecule has 5 nitrogen and oxygen atoms in total. The standard InChI is InChI=1S/C18H28N2O3/c1-4-5-6-7-19-8-10-20(11-9-19)18(21)15-12-16(22-2)14-17(13-15)23-3/h12-14H,4-11H2,1-3H3. The van der Waals surface area contributed by atoms with Crippen molar-refractivity contribution in [1.82, 2.24) is 9.80 Å². The Balaban J connectivity index is 1.94. The Hall–Kier alpha value is -1.75. The Morgan fingerprint density at radius 2 is 1.61 bits per heavy atom. The first-order chi connectivity index (χ1) is 11.2. The summed E-state index contributed by atoms with van der Waals surface area (Å²) < 4.78 is 10.5. The summed E-state index contributed by atoms with van der Waals surface area (Å²) in [5.41, 5.74) is 0.626. The van der Waals surface area contributed by atoms with Crippen molar-refractivity contribution in [3.8, 4) is 11.5 Å². The Morgan fingerprint density at radius 1 is 1.00 bits per heavy atom. The van der Waals surface area contributed by atoms with Crippen molar-refractivity contribution in [3.05, 3.63) is 23.8 Å². The van der Waals surface area contributed by atoms with Crippen LogP contribution < -0.4 is 9.47 Å². The third-order valence-electron chi connectivity index (χ3n) is 4.34. The molecule has 128 valence electrons. The second kappa shape index (κ2) is 8.77. The van der Waals surface area contributed by atoms with E-state index in [1.165, 1.54) is 19.3 Å². The molecule has 1 amide bonds. The van der Waals surface area contributed by atoms with Crippen LogP contribution in [0.15, 0.2) is 18.2 Å². The number of hydrogen-bond donors (Lipinski definition) is 0. The molecule has 5 heteroatoms. The van der Waals surface area contributed by atoms with E-state index in [-0.39, 0.29) is 5.91 Å². The van der Waals surface area contributed by atoms with E-state index < -0.39 is 0 Å². The minimum absolute atomic E-state index is 0.0513. The number of nitrogens with zero attached hydrogens (tertiary/aromatic N) is 2. The van der Waals surface area contributed by atoms with Gasteiger partial charge in [0.2, 0.25) is 0 Å². The van der Waals surface area contributed by atoms with Gasteiger partial charge < -0.3 is 14.4 Å². The van der Waals surface area contributed by atoms with Crippen molar-refractivity contribution in [2.24, 2.45) is 0 Å². The van der Waals surface area contributed by atoms with Gasteiger partial charge in [0.1, 0.15) is 11.5 Å². The van der Waals surface area contributed by atoms with Crippen LogP contribution in [0.1, 0.15) is 36.5 Å². The van der Waals surface area contributed by atoms with Crippen LogP contribution in [-0.2, 0) is 0 Å². The molecule has 0 spiro atoms. The highest BCUT2D eigenvalue weighted by Gasteiger charge is 2.22. The van der Waals surface area contributed by atoms with Gasteiger partial charge in [-0.25, -0.2) is 0 Å². The molecule has 23 heavy (non-hydrogen) atoms. The predicted octanol–water partition coefficient (Wildman–Crippen LogP) is 2.65. The normalized spacial score (nSPS) is 15.5. The summed E-state index contributed by atoms with van der Waals surface area (Å²) in [5.74, 6) is 1.34. The molecule has 1 saturated heterocycles. The van der Waals surface area contributed by atoms with Gasteiger partial charge in [-0.2, -0.15) is 0 Å². The lowest BCUT2D eigenvalue weighted by molar-refractivity contribution is 0.0634. The van der Waals surface area contributed by atoms with E-state index in [1.807, 2.05) is 4.90 Å². The summed E-state index contributed by atoms with van der Waals surface area (Å²) in [6, 6.07) is 5.33. The SMILES string of the molecule is CCCCCN1CCN(C(=O)c2cc(OC)cc(OC)c2)CC1. The minimum Gasteiger partial charge on any atom is -0.497 e. The van der Waals surface area contributed by atoms with Crippen molar-refractivity contribution < 1.29 is 14.3 Å². The smallest absolute Gasteiger partial charge is 0.254 e. The molecule has 1 aromatic carbocycles. The van der Waals surface area contributed by atoms with E-state index >= 15 is 0 Å². The summed E-state index contributed by atoms with van der Waals surface area (Å²) >= 11 is 0. The molecule has 0 atom stereocenters. The Bertz CT molecular complexity index is 489. The van der Waals surface area contributed by atoms with Gasteiger partial charge in [0, 0.05) is 37.8 Å². The number of ether oxygens (including phenoxy) is 2. The third kappa shape index (κ3) is 4.86. The number of amides is 1. The predicted molar refractivity (Wildman–Crippen MR) is 91.4 cm³/mol. The van der Waals surface area contributed by atoms with Gasteiger partial charge in [0.15, 0.2) is 0 Å². The number of hydrogen-bond acceptors (Lipinski definition) is 4. The average Bonchev–Trinajstić information content (AvgIpc) is 2.61. The number of rotatable bonds is 7. The fourth-order valence-electron chi connectivity index (χ4n) is 2.87. The van der Waals surface area contributed by atoms with E-state index in [2.05, 4.69) is 11.8 Å². The van der Waals surface area contributed by atoms with Gasteiger partial charge >= 0.3 is 0 Å². The van der Waals surface area contributed by atoms with E-state index in [4.69, 9.17) is 9.47 Å². The number of benzene rings is 1. The molecule has 0 radical (unpaired) electrons. The van der Waals surface area contributed by atoms with Crippen LogP contribution in [0.25, 0.3) is 0 Å². The molecule has 0 N–H and O–H groups in total. The van der Waals surface area contributed by atoms with E-state index in [1.54, 1.807) is 32.4 Å². The molecule has 1 fully saturated rings. The molecule has 0 aromatic heterocycles. The van der Waals surface area contributed by atoms with Crippen molar-refractivity contribution in [1.29, 1.82) is 0 Å². The summed E-state index contributed by atoms with van der Waals surface area (Å²) in [6.45, 7) is 6.84. The zero-order valence-corrected chi connectivity index (χ0v) is 14.5. The molecular formula is C18H28N2O3. The maximum Gasteiger partial charge on any atom is 0.254 e. The lowest BCUT2D eigenvalue weighted by atomic mass is 10.1. The van der Waals surface area contributed by atoms with Gasteiger partial charge in [-0.1, -0.05) is 19.8 Å². The highest BCUT2D eigenvalue weighted by molar-refractivity contribution is 5.95. The Morgan fingerprint density at radius 3 is 2.13 bits per heavy atom. The van der Waals surface area contributed by atoms with E-state index in [0.717, 1.165) is 32.7 Å². The van der Waals surface area contributed by atoms with Crippen molar-refractivity contribution in [2.75, 3.05) is 46.9 Å². The lowest BCUT2D eigenvalue weighted by Gasteiger charge is -2.34. The van der Waals surface area contributed by atoms with Gasteiger partial charge in [-0.05, 0) is 25.1 Å². The van der Waals surface area contributed by atoms with Gasteiger partial charge in [-0.15, -0.1) is 0 Å². The lowest BCUT2D eigenvalue weighted by Crippen LogP contribution is -2.48. The van der Waals surface area contributed by atoms with Crippen molar-refractivity contribution >= 4 is 5.91 Å². The quantitative estimate of drug-likeness (QED) is 0.724. The van der Waals surface area contributed by atoms with Crippen LogP contribution in [0.5, 0.6) is 11.5 Å². The topological polar surface area (TPSA) is 42.0 Å². The van der Waals surface area contributed by atoms with E-state index in [9.17, 15) is 4.79 Å². The zero-order chi connectivity index (χ0) is 16.7. The highest BCUT2D eigenvalue weighted by Crippen LogP contribution is 2.23. The average molecular weight is 320 g/mol. The van der Waals surface area contributed by atoms with E-state index in [0.29, 0.717) is 17.1 Å². The molecule has 2 rings (SSSR count). The summed E-state index contributed by atoms with van der Waals surface area (Å²) in [6.07, 6.45) is 3.77. The van der Waals surface area contributed by atoms with Crippen LogP contribution in [0.3, 0.4) is 0 Å². The molecule has 0 unspecified atom stereocenters. The largest absolute Gasteiger partial charge is 0.497 e. The maximum absolute atomic E-state index is 12.7. The number of methoxy groups -OCH3 is 2. The fourth-order valence-corrected chi connectivity index (χ4v) is 2.87. The molecule has 1 aliphatic rings. The first kappa shape index (κ1) is 17.6. The maximum atomic E-state index is 12.7. The van der Waals surface area contributed by atoms with Gasteiger partial charge in [0.05, 0.1) is 14.2 Å². The first-order valence-electron chi connectivity index (χ1n) is 8.42. The van der Waals surface area contributed by atoms with Crippen molar-refractivity contribution in [2.45, 2.75) is 26.2 Å². The second-order valence-electron chi connectivity index (χ2n) is 5.94. The number of carbonyl (C=O) groups excluding carboxylic acids is 1. The first-order valence-corrected chi connectivity index (χ1v) is 8.42. The van der Waals surface area contributed by atoms with Crippen LogP contribution in [0, 0.1) is 0 Å². The molecule has 1 aliphatic heterocycles. The summed E-state index contributed by atoms with van der Waals surface area (Å²) in [5, 5.41) is 0. The van der Waals surface area contributed by atoms with Crippen LogP contribution >= 0.6 is 0 Å². The molecule has 1 heterocycles. The number of piperazine rings is 1.